The minimum atomic E-state index is -0.201. The summed E-state index contributed by atoms with van der Waals surface area (Å²) < 4.78 is 0. The molecule has 1 unspecified atom stereocenters. The molecule has 2 aliphatic heterocycles. The van der Waals surface area contributed by atoms with Crippen LogP contribution < -0.4 is 5.32 Å². The van der Waals surface area contributed by atoms with E-state index >= 15 is 0 Å². The quantitative estimate of drug-likeness (QED) is 0.737. The minimum absolute atomic E-state index is 0.0832. The first-order valence-corrected chi connectivity index (χ1v) is 10.8. The van der Waals surface area contributed by atoms with E-state index in [2.05, 4.69) is 64.0 Å². The zero-order chi connectivity index (χ0) is 20.7. The van der Waals surface area contributed by atoms with Crippen LogP contribution in [0.3, 0.4) is 0 Å². The van der Waals surface area contributed by atoms with Crippen LogP contribution >= 0.6 is 11.6 Å². The molecule has 28 heavy (non-hydrogen) atoms. The number of hydrogen-bond donors (Lipinski definition) is 1. The maximum atomic E-state index is 12.9. The van der Waals surface area contributed by atoms with Crippen molar-refractivity contribution in [2.45, 2.75) is 65.5 Å². The van der Waals surface area contributed by atoms with E-state index in [0.717, 1.165) is 43.9 Å². The van der Waals surface area contributed by atoms with Crippen molar-refractivity contribution in [3.05, 3.63) is 34.9 Å². The normalized spacial score (nSPS) is 22.8. The summed E-state index contributed by atoms with van der Waals surface area (Å²) in [5.41, 5.74) is 1.60. The summed E-state index contributed by atoms with van der Waals surface area (Å²) in [6.07, 6.45) is 3.06. The molecule has 0 bridgehead atoms. The molecular weight excluding hydrogens is 370 g/mol. The third kappa shape index (κ3) is 4.65. The number of amides is 2. The molecule has 3 rings (SSSR count). The van der Waals surface area contributed by atoms with Crippen molar-refractivity contribution in [1.29, 1.82) is 0 Å². The van der Waals surface area contributed by atoms with Gasteiger partial charge in [0.1, 0.15) is 0 Å². The molecule has 2 saturated heterocycles. The van der Waals surface area contributed by atoms with Crippen LogP contribution in [0.5, 0.6) is 0 Å². The smallest absolute Gasteiger partial charge is 0.317 e. The van der Waals surface area contributed by atoms with Crippen molar-refractivity contribution >= 4 is 17.6 Å². The zero-order valence-corrected chi connectivity index (χ0v) is 19.1. The first kappa shape index (κ1) is 21.4. The average Bonchev–Trinajstić information content (AvgIpc) is 2.54. The van der Waals surface area contributed by atoms with Gasteiger partial charge in [-0.1, -0.05) is 44.5 Å². The van der Waals surface area contributed by atoms with Gasteiger partial charge < -0.3 is 10.2 Å². The zero-order valence-electron chi connectivity index (χ0n) is 18.3. The van der Waals surface area contributed by atoms with E-state index < -0.39 is 0 Å². The third-order valence-corrected chi connectivity index (χ3v) is 6.49. The van der Waals surface area contributed by atoms with Crippen molar-refractivity contribution in [2.24, 2.45) is 10.8 Å². The Hall–Kier alpha value is -1.26. The summed E-state index contributed by atoms with van der Waals surface area (Å²) in [6, 6.07) is 8.77. The number of piperidine rings is 1. The molecule has 0 aromatic heterocycles. The van der Waals surface area contributed by atoms with E-state index in [4.69, 9.17) is 11.6 Å². The highest BCUT2D eigenvalue weighted by atomic mass is 35.5. The topological polar surface area (TPSA) is 35.6 Å². The lowest BCUT2D eigenvalue weighted by molar-refractivity contribution is -0.0922. The Kier molecular flexibility index (Phi) is 5.77. The number of hydrogen-bond acceptors (Lipinski definition) is 2. The molecular formula is C23H36ClN3O. The van der Waals surface area contributed by atoms with Gasteiger partial charge in [-0.25, -0.2) is 4.79 Å². The Bertz CT molecular complexity index is 700. The van der Waals surface area contributed by atoms with E-state index in [0.29, 0.717) is 6.04 Å². The number of urea groups is 1. The Morgan fingerprint density at radius 3 is 2.21 bits per heavy atom. The Labute approximate surface area is 175 Å². The number of nitrogens with one attached hydrogen (secondary N) is 1. The lowest BCUT2D eigenvalue weighted by Crippen LogP contribution is -2.62. The van der Waals surface area contributed by atoms with Gasteiger partial charge in [-0.2, -0.15) is 0 Å². The lowest BCUT2D eigenvalue weighted by Gasteiger charge is -2.59. The van der Waals surface area contributed by atoms with Crippen molar-refractivity contribution in [3.8, 4) is 0 Å². The molecule has 2 aliphatic rings. The van der Waals surface area contributed by atoms with E-state index in [9.17, 15) is 4.79 Å². The number of carbonyl (C=O) groups is 1. The van der Waals surface area contributed by atoms with Gasteiger partial charge in [-0.15, -0.1) is 0 Å². The molecule has 5 heteroatoms. The van der Waals surface area contributed by atoms with Crippen LogP contribution in [0.15, 0.2) is 24.3 Å². The SMILES string of the molecule is CN1CC2(CCN(C(=O)NC(C)(C)CC(C)(C)C)CC2)C1c1ccc(Cl)cc1. The summed E-state index contributed by atoms with van der Waals surface area (Å²) in [4.78, 5) is 17.3. The standard InChI is InChI=1S/C23H36ClN3O/c1-21(2,3)15-22(4,5)25-20(28)27-13-11-23(12-14-27)16-26(6)19(23)17-7-9-18(24)10-8-17/h7-10,19H,11-16H2,1-6H3,(H,25,28). The number of benzene rings is 1. The van der Waals surface area contributed by atoms with Gasteiger partial charge in [0.05, 0.1) is 0 Å². The molecule has 2 amide bonds. The molecule has 1 aromatic rings. The second-order valence-corrected chi connectivity index (χ2v) is 11.2. The minimum Gasteiger partial charge on any atom is -0.333 e. The molecule has 156 valence electrons. The fourth-order valence-electron chi connectivity index (χ4n) is 5.61. The van der Waals surface area contributed by atoms with Gasteiger partial charge in [0.2, 0.25) is 0 Å². The number of carbonyl (C=O) groups excluding carboxylic acids is 1. The molecule has 0 saturated carbocycles. The molecule has 1 spiro atoms. The fourth-order valence-corrected chi connectivity index (χ4v) is 5.73. The van der Waals surface area contributed by atoms with Crippen LogP contribution in [0.4, 0.5) is 4.79 Å². The number of likely N-dealkylation sites (tertiary alicyclic amines) is 2. The largest absolute Gasteiger partial charge is 0.333 e. The molecule has 2 heterocycles. The van der Waals surface area contributed by atoms with Crippen LogP contribution in [0.25, 0.3) is 0 Å². The monoisotopic (exact) mass is 405 g/mol. The predicted molar refractivity (Wildman–Crippen MR) is 117 cm³/mol. The molecule has 0 radical (unpaired) electrons. The number of nitrogens with zero attached hydrogens (tertiary/aromatic N) is 2. The van der Waals surface area contributed by atoms with Crippen LogP contribution in [0.2, 0.25) is 5.02 Å². The summed E-state index contributed by atoms with van der Waals surface area (Å²) in [5, 5.41) is 4.05. The second kappa shape index (κ2) is 7.53. The maximum absolute atomic E-state index is 12.9. The average molecular weight is 406 g/mol. The first-order valence-electron chi connectivity index (χ1n) is 10.4. The summed E-state index contributed by atoms with van der Waals surface area (Å²) in [5.74, 6) is 0. The molecule has 2 fully saturated rings. The molecule has 1 atom stereocenters. The van der Waals surface area contributed by atoms with E-state index in [-0.39, 0.29) is 22.4 Å². The fraction of sp³-hybridized carbons (Fsp3) is 0.696. The van der Waals surface area contributed by atoms with Crippen LogP contribution in [-0.4, -0.2) is 48.1 Å². The van der Waals surface area contributed by atoms with Gasteiger partial charge >= 0.3 is 6.03 Å². The van der Waals surface area contributed by atoms with E-state index in [1.54, 1.807) is 0 Å². The summed E-state index contributed by atoms with van der Waals surface area (Å²) >= 11 is 6.07. The third-order valence-electron chi connectivity index (χ3n) is 6.23. The van der Waals surface area contributed by atoms with Crippen molar-refractivity contribution in [2.75, 3.05) is 26.7 Å². The summed E-state index contributed by atoms with van der Waals surface area (Å²) in [6.45, 7) is 13.7. The van der Waals surface area contributed by atoms with Gasteiger partial charge in [-0.3, -0.25) is 4.90 Å². The van der Waals surface area contributed by atoms with Crippen molar-refractivity contribution < 1.29 is 4.79 Å². The highest BCUT2D eigenvalue weighted by Crippen LogP contribution is 2.54. The molecule has 1 N–H and O–H groups in total. The first-order chi connectivity index (χ1) is 12.9. The molecule has 1 aromatic carbocycles. The maximum Gasteiger partial charge on any atom is 0.317 e. The van der Waals surface area contributed by atoms with Crippen molar-refractivity contribution in [3.63, 3.8) is 0 Å². The molecule has 4 nitrogen and oxygen atoms in total. The van der Waals surface area contributed by atoms with Crippen LogP contribution in [0.1, 0.15) is 65.5 Å². The van der Waals surface area contributed by atoms with Gasteiger partial charge in [0, 0.05) is 41.7 Å². The van der Waals surface area contributed by atoms with Crippen molar-refractivity contribution in [1.82, 2.24) is 15.1 Å². The highest BCUT2D eigenvalue weighted by molar-refractivity contribution is 6.30. The second-order valence-electron chi connectivity index (χ2n) is 10.8. The summed E-state index contributed by atoms with van der Waals surface area (Å²) in [7, 11) is 2.19. The van der Waals surface area contributed by atoms with E-state index in [1.807, 2.05) is 17.0 Å². The van der Waals surface area contributed by atoms with Crippen LogP contribution in [0, 0.1) is 10.8 Å². The van der Waals surface area contributed by atoms with Crippen LogP contribution in [-0.2, 0) is 0 Å². The highest BCUT2D eigenvalue weighted by Gasteiger charge is 2.52. The van der Waals surface area contributed by atoms with E-state index in [1.165, 1.54) is 5.56 Å². The Balaban J connectivity index is 1.61. The Morgan fingerprint density at radius 2 is 1.71 bits per heavy atom. The number of halogens is 1. The predicted octanol–water partition coefficient (Wildman–Crippen LogP) is 5.33. The lowest BCUT2D eigenvalue weighted by atomic mass is 9.63. The van der Waals surface area contributed by atoms with Gasteiger partial charge in [0.15, 0.2) is 0 Å². The Morgan fingerprint density at radius 1 is 1.14 bits per heavy atom. The van der Waals surface area contributed by atoms with Gasteiger partial charge in [-0.05, 0) is 63.3 Å². The molecule has 0 aliphatic carbocycles. The number of rotatable bonds is 3. The van der Waals surface area contributed by atoms with Gasteiger partial charge in [0.25, 0.3) is 0 Å².